The summed E-state index contributed by atoms with van der Waals surface area (Å²) in [7, 11) is 0. The van der Waals surface area contributed by atoms with Gasteiger partial charge in [-0.15, -0.1) is 0 Å². The van der Waals surface area contributed by atoms with Crippen LogP contribution in [0.4, 0.5) is 0 Å². The molecule has 75 heavy (non-hydrogen) atoms. The Bertz CT molecular complexity index is 936. The third kappa shape index (κ3) is 60.1. The van der Waals surface area contributed by atoms with Crippen molar-refractivity contribution in [2.45, 2.75) is 400 Å². The molecule has 2 unspecified atom stereocenters. The van der Waals surface area contributed by atoms with Crippen molar-refractivity contribution in [3.63, 3.8) is 0 Å². The topological polar surface area (TPSA) is 86.7 Å². The van der Waals surface area contributed by atoms with Crippen LogP contribution in [-0.4, -0.2) is 97.7 Å². The van der Waals surface area contributed by atoms with Crippen molar-refractivity contribution in [2.75, 3.05) is 26.2 Å². The Morgan fingerprint density at radius 2 is 0.360 bits per heavy atom. The van der Waals surface area contributed by atoms with Gasteiger partial charge < -0.3 is 19.8 Å². The molecule has 0 radical (unpaired) electrons. The smallest absolute Gasteiger partial charge is 0.548 e. The van der Waals surface area contributed by atoms with Crippen LogP contribution >= 0.6 is 0 Å². The summed E-state index contributed by atoms with van der Waals surface area (Å²) >= 11 is 0. The molecule has 0 aromatic carbocycles. The Hall–Kier alpha value is 0.120. The summed E-state index contributed by atoms with van der Waals surface area (Å²) in [4.78, 5) is 27.8. The average molecular weight is 1090 g/mol. The number of aliphatic carboxylic acids is 2. The van der Waals surface area contributed by atoms with Gasteiger partial charge in [0, 0.05) is 12.1 Å². The summed E-state index contributed by atoms with van der Waals surface area (Å²) in [6, 6.07) is -0.815. The SMILES string of the molecule is CCCCCCCCCCCCCCCN(CCCCCCCCCCCCCCC)C(CC)C(=O)[O-].CCCCCCCCCCCCCCCN(CCCCCCCCCCCCCCC)C(CC)C(=O)[O-].[Ca+2]. The fraction of sp³-hybridized carbons (Fsp3) is 0.971. The van der Waals surface area contributed by atoms with Gasteiger partial charge in [-0.25, -0.2) is 0 Å². The molecule has 6 nitrogen and oxygen atoms in total. The number of hydrogen-bond donors (Lipinski definition) is 0. The molecule has 0 rings (SSSR count). The minimum atomic E-state index is -0.883. The van der Waals surface area contributed by atoms with E-state index in [1.54, 1.807) is 0 Å². The zero-order valence-electron chi connectivity index (χ0n) is 52.4. The van der Waals surface area contributed by atoms with Gasteiger partial charge in [0.15, 0.2) is 0 Å². The monoisotopic (exact) mass is 1090 g/mol. The van der Waals surface area contributed by atoms with E-state index >= 15 is 0 Å². The van der Waals surface area contributed by atoms with Gasteiger partial charge in [-0.3, -0.25) is 9.80 Å². The van der Waals surface area contributed by atoms with Gasteiger partial charge in [0.05, 0.1) is 11.9 Å². The molecule has 0 aliphatic rings. The Morgan fingerprint density at radius 1 is 0.240 bits per heavy atom. The third-order valence-electron chi connectivity index (χ3n) is 16.4. The van der Waals surface area contributed by atoms with Gasteiger partial charge in [-0.2, -0.15) is 0 Å². The first-order chi connectivity index (χ1) is 36.3. The Kier molecular flexibility index (Phi) is 72.4. The van der Waals surface area contributed by atoms with Crippen LogP contribution in [0, 0.1) is 0 Å². The van der Waals surface area contributed by atoms with Crippen molar-refractivity contribution in [1.82, 2.24) is 9.80 Å². The number of carboxylic acids is 2. The van der Waals surface area contributed by atoms with Crippen LogP contribution in [0.5, 0.6) is 0 Å². The van der Waals surface area contributed by atoms with Gasteiger partial charge in [-0.05, 0) is 64.7 Å². The zero-order valence-corrected chi connectivity index (χ0v) is 54.6. The van der Waals surface area contributed by atoms with Crippen LogP contribution in [0.25, 0.3) is 0 Å². The Labute approximate surface area is 502 Å². The van der Waals surface area contributed by atoms with Crippen LogP contribution in [0.1, 0.15) is 388 Å². The average Bonchev–Trinajstić information content (AvgIpc) is 3.39. The van der Waals surface area contributed by atoms with Crippen molar-refractivity contribution in [3.8, 4) is 0 Å². The fourth-order valence-electron chi connectivity index (χ4n) is 11.3. The van der Waals surface area contributed by atoms with Gasteiger partial charge in [-0.1, -0.05) is 350 Å². The van der Waals surface area contributed by atoms with Crippen LogP contribution in [0.3, 0.4) is 0 Å². The van der Waals surface area contributed by atoms with Crippen LogP contribution < -0.4 is 10.2 Å². The molecule has 0 saturated heterocycles. The van der Waals surface area contributed by atoms with Crippen LogP contribution in [0.2, 0.25) is 0 Å². The third-order valence-corrected chi connectivity index (χ3v) is 16.4. The standard InChI is InChI=1S/2C34H69NO2.Ca/c2*1-4-7-9-11-13-15-17-19-21-23-25-27-29-31-35(33(6-3)34(36)37)32-30-28-26-24-22-20-18-16-14-12-10-8-5-2;/h2*33H,4-32H2,1-3H3,(H,36,37);/q;;+2/p-2. The van der Waals surface area contributed by atoms with Gasteiger partial charge in [0.2, 0.25) is 0 Å². The normalized spacial score (nSPS) is 12.3. The summed E-state index contributed by atoms with van der Waals surface area (Å²) in [6.07, 6.45) is 71.6. The Balaban J connectivity index is -0.00000136. The van der Waals surface area contributed by atoms with E-state index in [9.17, 15) is 19.8 Å². The van der Waals surface area contributed by atoms with Crippen LogP contribution in [0.15, 0.2) is 0 Å². The van der Waals surface area contributed by atoms with Crippen molar-refractivity contribution in [1.29, 1.82) is 0 Å². The molecular weight excluding hydrogens is 949 g/mol. The summed E-state index contributed by atoms with van der Waals surface area (Å²) in [5.41, 5.74) is 0. The quantitative estimate of drug-likeness (QED) is 0.0445. The molecule has 0 spiro atoms. The molecule has 444 valence electrons. The number of carboxylic acid groups (broad SMARTS) is 2. The second kappa shape index (κ2) is 68.4. The number of carbonyl (C=O) groups is 2. The van der Waals surface area contributed by atoms with E-state index in [-0.39, 0.29) is 37.7 Å². The van der Waals surface area contributed by atoms with Crippen LogP contribution in [-0.2, 0) is 9.59 Å². The van der Waals surface area contributed by atoms with E-state index in [2.05, 4.69) is 37.5 Å². The van der Waals surface area contributed by atoms with Gasteiger partial charge >= 0.3 is 37.7 Å². The summed E-state index contributed by atoms with van der Waals surface area (Å²) in [5.74, 6) is -1.77. The molecule has 0 saturated carbocycles. The van der Waals surface area contributed by atoms with E-state index in [0.717, 1.165) is 51.9 Å². The molecule has 0 aromatic heterocycles. The van der Waals surface area contributed by atoms with Crippen molar-refractivity contribution >= 4 is 49.7 Å². The fourth-order valence-corrected chi connectivity index (χ4v) is 11.3. The molecule has 2 atom stereocenters. The second-order valence-electron chi connectivity index (χ2n) is 23.5. The van der Waals surface area contributed by atoms with Crippen molar-refractivity contribution in [2.24, 2.45) is 0 Å². The van der Waals surface area contributed by atoms with E-state index in [1.807, 2.05) is 13.8 Å². The molecule has 0 aliphatic heterocycles. The second-order valence-corrected chi connectivity index (χ2v) is 23.5. The van der Waals surface area contributed by atoms with E-state index in [0.29, 0.717) is 12.8 Å². The van der Waals surface area contributed by atoms with Crippen molar-refractivity contribution < 1.29 is 19.8 Å². The predicted octanol–water partition coefficient (Wildman–Crippen LogP) is 19.6. The van der Waals surface area contributed by atoms with Gasteiger partial charge in [0.25, 0.3) is 0 Å². The molecule has 0 fully saturated rings. The molecule has 7 heteroatoms. The summed E-state index contributed by atoms with van der Waals surface area (Å²) in [6.45, 7) is 16.8. The number of carbonyl (C=O) groups excluding carboxylic acids is 2. The zero-order chi connectivity index (χ0) is 54.5. The Morgan fingerprint density at radius 3 is 0.467 bits per heavy atom. The van der Waals surface area contributed by atoms with E-state index in [1.165, 1.54) is 308 Å². The molecule has 0 amide bonds. The maximum absolute atomic E-state index is 11.7. The first kappa shape index (κ1) is 79.3. The first-order valence-electron chi connectivity index (χ1n) is 34.2. The molecule has 0 heterocycles. The number of unbranched alkanes of at least 4 members (excludes halogenated alkanes) is 48. The minimum Gasteiger partial charge on any atom is -0.548 e. The van der Waals surface area contributed by atoms with Crippen molar-refractivity contribution in [3.05, 3.63) is 0 Å². The molecule has 0 bridgehead atoms. The largest absolute Gasteiger partial charge is 2.00 e. The summed E-state index contributed by atoms with van der Waals surface area (Å²) < 4.78 is 0. The molecule has 0 aromatic rings. The maximum Gasteiger partial charge on any atom is 2.00 e. The molecule has 0 N–H and O–H groups in total. The summed E-state index contributed by atoms with van der Waals surface area (Å²) in [5, 5.41) is 23.4. The predicted molar refractivity (Wildman–Crippen MR) is 330 cm³/mol. The molecule has 0 aliphatic carbocycles. The first-order valence-corrected chi connectivity index (χ1v) is 34.2. The minimum absolute atomic E-state index is 0. The van der Waals surface area contributed by atoms with E-state index in [4.69, 9.17) is 0 Å². The number of nitrogens with zero attached hydrogens (tertiary/aromatic N) is 2. The molecular formula is C68H136CaN2O4. The van der Waals surface area contributed by atoms with Gasteiger partial charge in [0.1, 0.15) is 0 Å². The number of hydrogen-bond acceptors (Lipinski definition) is 6. The maximum atomic E-state index is 11.7. The van der Waals surface area contributed by atoms with E-state index < -0.39 is 24.0 Å². The number of rotatable bonds is 62.